The molecule has 1 aliphatic rings. The van der Waals surface area contributed by atoms with Crippen LogP contribution in [0.25, 0.3) is 5.57 Å². The fourth-order valence-corrected chi connectivity index (χ4v) is 3.16. The van der Waals surface area contributed by atoms with Gasteiger partial charge in [-0.1, -0.05) is 36.4 Å². The van der Waals surface area contributed by atoms with Crippen LogP contribution in [0.2, 0.25) is 0 Å². The van der Waals surface area contributed by atoms with Gasteiger partial charge < -0.3 is 21.7 Å². The number of benzene rings is 2. The average Bonchev–Trinajstić information content (AvgIpc) is 3.58. The lowest BCUT2D eigenvalue weighted by Crippen LogP contribution is -2.51. The van der Waals surface area contributed by atoms with Crippen molar-refractivity contribution in [2.24, 2.45) is 5.73 Å². The molecule has 1 fully saturated rings. The van der Waals surface area contributed by atoms with Crippen LogP contribution in [0.4, 0.5) is 5.69 Å². The molecule has 0 saturated heterocycles. The highest BCUT2D eigenvalue weighted by molar-refractivity contribution is 5.94. The summed E-state index contributed by atoms with van der Waals surface area (Å²) in [5.74, 6) is -0.271. The number of carbonyl (C=O) groups is 2. The maximum Gasteiger partial charge on any atom is 0.251 e. The molecule has 5 N–H and O–H groups in total. The number of amides is 2. The van der Waals surface area contributed by atoms with Gasteiger partial charge in [-0.15, -0.1) is 0 Å². The first kappa shape index (κ1) is 21.6. The van der Waals surface area contributed by atoms with E-state index in [1.54, 1.807) is 12.1 Å². The second kappa shape index (κ2) is 10.1. The maximum absolute atomic E-state index is 12.6. The molecular weight excluding hydrogens is 376 g/mol. The van der Waals surface area contributed by atoms with Crippen molar-refractivity contribution in [3.8, 4) is 0 Å². The highest BCUT2D eigenvalue weighted by atomic mass is 16.2. The Kier molecular flexibility index (Phi) is 7.25. The largest absolute Gasteiger partial charge is 0.377 e. The fraction of sp³-hybridized carbons (Fsp3) is 0.333. The van der Waals surface area contributed by atoms with Crippen molar-refractivity contribution in [1.82, 2.24) is 10.6 Å². The number of nitrogens with one attached hydrogen (secondary N) is 3. The van der Waals surface area contributed by atoms with Crippen molar-refractivity contribution in [2.45, 2.75) is 44.8 Å². The Labute approximate surface area is 177 Å². The summed E-state index contributed by atoms with van der Waals surface area (Å²) in [6.45, 7) is 4.47. The van der Waals surface area contributed by atoms with E-state index in [4.69, 9.17) is 5.73 Å². The highest BCUT2D eigenvalue weighted by Crippen LogP contribution is 2.21. The van der Waals surface area contributed by atoms with E-state index in [0.29, 0.717) is 12.1 Å². The van der Waals surface area contributed by atoms with E-state index >= 15 is 0 Å². The second-order valence-electron chi connectivity index (χ2n) is 7.63. The highest BCUT2D eigenvalue weighted by Gasteiger charge is 2.29. The normalized spacial score (nSPS) is 15.8. The molecule has 158 valence electrons. The van der Waals surface area contributed by atoms with E-state index in [1.807, 2.05) is 62.4 Å². The van der Waals surface area contributed by atoms with Gasteiger partial charge in [0.1, 0.15) is 6.04 Å². The molecule has 2 amide bonds. The molecule has 6 nitrogen and oxygen atoms in total. The summed E-state index contributed by atoms with van der Waals surface area (Å²) in [6, 6.07) is 16.3. The summed E-state index contributed by atoms with van der Waals surface area (Å²) in [5, 5.41) is 9.12. The number of carbonyl (C=O) groups excluding carboxylic acids is 2. The molecule has 30 heavy (non-hydrogen) atoms. The summed E-state index contributed by atoms with van der Waals surface area (Å²) in [7, 11) is 0. The number of allylic oxidation sites excluding steroid dienone is 1. The molecule has 2 unspecified atom stereocenters. The predicted molar refractivity (Wildman–Crippen MR) is 121 cm³/mol. The van der Waals surface area contributed by atoms with Crippen molar-refractivity contribution >= 4 is 23.1 Å². The molecule has 1 saturated carbocycles. The zero-order chi connectivity index (χ0) is 21.5. The SMILES string of the molecule is CCNC(=O)c1ccc(NC(/C=C(\C)c2ccccc2)C(N)C(=O)NC2CC2)cc1. The summed E-state index contributed by atoms with van der Waals surface area (Å²) in [6.07, 6.45) is 4.01. The van der Waals surface area contributed by atoms with Crippen LogP contribution < -0.4 is 21.7 Å². The number of hydrogen-bond donors (Lipinski definition) is 4. The predicted octanol–water partition coefficient (Wildman–Crippen LogP) is 2.93. The Balaban J connectivity index is 1.79. The maximum atomic E-state index is 12.6. The van der Waals surface area contributed by atoms with Gasteiger partial charge in [0.05, 0.1) is 6.04 Å². The topological polar surface area (TPSA) is 96.2 Å². The van der Waals surface area contributed by atoms with E-state index in [2.05, 4.69) is 16.0 Å². The van der Waals surface area contributed by atoms with Crippen molar-refractivity contribution in [3.63, 3.8) is 0 Å². The van der Waals surface area contributed by atoms with Crippen LogP contribution in [-0.4, -0.2) is 36.5 Å². The number of nitrogens with two attached hydrogens (primary N) is 1. The fourth-order valence-electron chi connectivity index (χ4n) is 3.16. The third-order valence-electron chi connectivity index (χ3n) is 5.09. The molecule has 0 aliphatic heterocycles. The van der Waals surface area contributed by atoms with Gasteiger partial charge in [0.2, 0.25) is 5.91 Å². The zero-order valence-corrected chi connectivity index (χ0v) is 17.5. The van der Waals surface area contributed by atoms with Crippen molar-refractivity contribution in [2.75, 3.05) is 11.9 Å². The molecule has 0 spiro atoms. The molecule has 0 radical (unpaired) electrons. The number of rotatable bonds is 9. The number of anilines is 1. The Hall–Kier alpha value is -3.12. The van der Waals surface area contributed by atoms with Gasteiger partial charge in [-0.25, -0.2) is 0 Å². The second-order valence-corrected chi connectivity index (χ2v) is 7.63. The minimum Gasteiger partial charge on any atom is -0.377 e. The quantitative estimate of drug-likeness (QED) is 0.515. The molecule has 0 heterocycles. The summed E-state index contributed by atoms with van der Waals surface area (Å²) in [5.41, 5.74) is 9.83. The van der Waals surface area contributed by atoms with Gasteiger partial charge >= 0.3 is 0 Å². The Morgan fingerprint density at radius 3 is 2.33 bits per heavy atom. The molecule has 2 aromatic rings. The van der Waals surface area contributed by atoms with Crippen LogP contribution in [0.15, 0.2) is 60.7 Å². The van der Waals surface area contributed by atoms with Gasteiger partial charge in [0, 0.05) is 23.8 Å². The first-order chi connectivity index (χ1) is 14.5. The summed E-state index contributed by atoms with van der Waals surface area (Å²) < 4.78 is 0. The van der Waals surface area contributed by atoms with Crippen LogP contribution >= 0.6 is 0 Å². The van der Waals surface area contributed by atoms with E-state index in [9.17, 15) is 9.59 Å². The van der Waals surface area contributed by atoms with Crippen LogP contribution in [0, 0.1) is 0 Å². The lowest BCUT2D eigenvalue weighted by molar-refractivity contribution is -0.122. The monoisotopic (exact) mass is 406 g/mol. The van der Waals surface area contributed by atoms with E-state index in [0.717, 1.165) is 29.7 Å². The van der Waals surface area contributed by atoms with Crippen LogP contribution in [0.1, 0.15) is 42.6 Å². The molecule has 6 heteroatoms. The van der Waals surface area contributed by atoms with Crippen molar-refractivity contribution in [1.29, 1.82) is 0 Å². The lowest BCUT2D eigenvalue weighted by atomic mass is 10.00. The summed E-state index contributed by atoms with van der Waals surface area (Å²) >= 11 is 0. The van der Waals surface area contributed by atoms with Crippen molar-refractivity contribution < 1.29 is 9.59 Å². The Morgan fingerprint density at radius 1 is 1.07 bits per heavy atom. The molecule has 2 aromatic carbocycles. The van der Waals surface area contributed by atoms with E-state index < -0.39 is 12.1 Å². The molecule has 2 atom stereocenters. The molecule has 0 aromatic heterocycles. The molecular formula is C24H30N4O2. The van der Waals surface area contributed by atoms with Gasteiger partial charge in [0.15, 0.2) is 0 Å². The Bertz CT molecular complexity index is 889. The first-order valence-corrected chi connectivity index (χ1v) is 10.4. The zero-order valence-electron chi connectivity index (χ0n) is 17.5. The first-order valence-electron chi connectivity index (χ1n) is 10.4. The molecule has 0 bridgehead atoms. The van der Waals surface area contributed by atoms with Gasteiger partial charge in [-0.05, 0) is 62.1 Å². The molecule has 3 rings (SSSR count). The van der Waals surface area contributed by atoms with Gasteiger partial charge in [-0.3, -0.25) is 9.59 Å². The van der Waals surface area contributed by atoms with Gasteiger partial charge in [-0.2, -0.15) is 0 Å². The third kappa shape index (κ3) is 5.94. The lowest BCUT2D eigenvalue weighted by Gasteiger charge is -2.24. The van der Waals surface area contributed by atoms with Crippen LogP contribution in [0.3, 0.4) is 0 Å². The van der Waals surface area contributed by atoms with Crippen LogP contribution in [-0.2, 0) is 4.79 Å². The average molecular weight is 407 g/mol. The Morgan fingerprint density at radius 2 is 1.73 bits per heavy atom. The minimum atomic E-state index is -0.743. The van der Waals surface area contributed by atoms with Crippen molar-refractivity contribution in [3.05, 3.63) is 71.8 Å². The van der Waals surface area contributed by atoms with E-state index in [1.165, 1.54) is 0 Å². The van der Waals surface area contributed by atoms with Gasteiger partial charge in [0.25, 0.3) is 5.91 Å². The molecule has 1 aliphatic carbocycles. The standard InChI is InChI=1S/C24H30N4O2/c1-3-26-23(29)18-9-11-19(12-10-18)27-21(22(25)24(30)28-20-13-14-20)15-16(2)17-7-5-4-6-8-17/h4-12,15,20-22,27H,3,13-14,25H2,1-2H3,(H,26,29)(H,28,30)/b16-15+. The summed E-state index contributed by atoms with van der Waals surface area (Å²) in [4.78, 5) is 24.6. The van der Waals surface area contributed by atoms with E-state index in [-0.39, 0.29) is 17.9 Å². The third-order valence-corrected chi connectivity index (χ3v) is 5.09. The number of hydrogen-bond acceptors (Lipinski definition) is 4. The smallest absolute Gasteiger partial charge is 0.251 e. The minimum absolute atomic E-state index is 0.110. The van der Waals surface area contributed by atoms with Crippen LogP contribution in [0.5, 0.6) is 0 Å².